The molecule has 258 valence electrons. The van der Waals surface area contributed by atoms with E-state index in [0.717, 1.165) is 68.9 Å². The van der Waals surface area contributed by atoms with E-state index in [1.807, 2.05) is 24.3 Å². The largest absolute Gasteiger partial charge is 0.479 e. The molecule has 1 aromatic carbocycles. The number of aliphatic hydroxyl groups is 3. The number of aliphatic hydroxyl groups excluding tert-OH is 2. The van der Waals surface area contributed by atoms with E-state index in [4.69, 9.17) is 0 Å². The summed E-state index contributed by atoms with van der Waals surface area (Å²) in [6, 6.07) is 7.72. The van der Waals surface area contributed by atoms with Gasteiger partial charge in [0, 0.05) is 5.56 Å². The van der Waals surface area contributed by atoms with Crippen LogP contribution in [0.4, 0.5) is 0 Å². The van der Waals surface area contributed by atoms with Gasteiger partial charge < -0.3 is 25.7 Å². The molecule has 0 heterocycles. The van der Waals surface area contributed by atoms with Crippen LogP contribution in [0.2, 0.25) is 0 Å². The highest BCUT2D eigenvalue weighted by Crippen LogP contribution is 2.77. The number of carboxylic acid groups (broad SMARTS) is 1. The molecule has 0 radical (unpaired) electrons. The van der Waals surface area contributed by atoms with E-state index in [0.29, 0.717) is 23.3 Å². The van der Waals surface area contributed by atoms with Crippen molar-refractivity contribution in [3.8, 4) is 0 Å². The highest BCUT2D eigenvalue weighted by molar-refractivity contribution is 5.84. The van der Waals surface area contributed by atoms with Gasteiger partial charge in [-0.15, -0.1) is 0 Å². The van der Waals surface area contributed by atoms with E-state index in [2.05, 4.69) is 59.5 Å². The summed E-state index contributed by atoms with van der Waals surface area (Å²) in [5.41, 5.74) is 3.90. The summed E-state index contributed by atoms with van der Waals surface area (Å²) in [5, 5.41) is 41.3. The minimum Gasteiger partial charge on any atom is -0.479 e. The molecular formula is C40H57NO6. The van der Waals surface area contributed by atoms with Crippen molar-refractivity contribution in [3.63, 3.8) is 0 Å². The average Bonchev–Trinajstić information content (AvgIpc) is 3.41. The lowest BCUT2D eigenvalue weighted by Gasteiger charge is -2.72. The summed E-state index contributed by atoms with van der Waals surface area (Å²) in [6.07, 6.45) is 8.46. The summed E-state index contributed by atoms with van der Waals surface area (Å²) >= 11 is 0. The monoisotopic (exact) mass is 647 g/mol. The molecule has 1 aromatic rings. The van der Waals surface area contributed by atoms with Crippen LogP contribution in [0, 0.1) is 56.7 Å². The molecule has 4 saturated carbocycles. The fourth-order valence-electron chi connectivity index (χ4n) is 12.9. The van der Waals surface area contributed by atoms with E-state index < -0.39 is 23.8 Å². The fraction of sp³-hybridized carbons (Fsp3) is 0.700. The Kier molecular flexibility index (Phi) is 8.45. The van der Waals surface area contributed by atoms with Crippen molar-refractivity contribution in [2.24, 2.45) is 56.7 Å². The molecule has 5 aliphatic carbocycles. The Hall–Kier alpha value is -2.48. The van der Waals surface area contributed by atoms with E-state index in [1.54, 1.807) is 0 Å². The molecule has 4 unspecified atom stereocenters. The number of rotatable bonds is 7. The molecule has 4 fully saturated rings. The number of aliphatic carboxylic acids is 1. The second-order valence-electron chi connectivity index (χ2n) is 17.4. The maximum absolute atomic E-state index is 14.1. The minimum absolute atomic E-state index is 0.0394. The van der Waals surface area contributed by atoms with Crippen LogP contribution in [-0.4, -0.2) is 45.0 Å². The Balaban J connectivity index is 1.33. The fourth-order valence-corrected chi connectivity index (χ4v) is 12.9. The normalized spacial score (nSPS) is 41.1. The van der Waals surface area contributed by atoms with Gasteiger partial charge in [0.15, 0.2) is 12.4 Å². The number of fused-ring (bicyclic) bond motifs is 7. The molecule has 0 bridgehead atoms. The van der Waals surface area contributed by atoms with Gasteiger partial charge in [0.1, 0.15) is 0 Å². The molecule has 0 aliphatic heterocycles. The van der Waals surface area contributed by atoms with Crippen molar-refractivity contribution in [2.75, 3.05) is 6.54 Å². The lowest BCUT2D eigenvalue weighted by Crippen LogP contribution is -2.66. The van der Waals surface area contributed by atoms with Gasteiger partial charge in [-0.2, -0.15) is 0 Å². The number of carbonyl (C=O) groups is 2. The van der Waals surface area contributed by atoms with Gasteiger partial charge in [-0.25, -0.2) is 4.79 Å². The first kappa shape index (κ1) is 34.4. The number of nitrogens with one attached hydrogen (secondary N) is 1. The SMILES string of the molecule is C=C(C)[C@@H]1CC[C@]2(C(=O)NCC(O)C(=O)O)CC[C@]3(C)[C@H](CCC4[C@@]5(C)CC=C(c6ccc(C(O)O)cc6)C(C)(C)C5CC[C@]43C)C12. The first-order valence-corrected chi connectivity index (χ1v) is 18.0. The third kappa shape index (κ3) is 4.92. The van der Waals surface area contributed by atoms with Crippen molar-refractivity contribution < 1.29 is 30.0 Å². The minimum atomic E-state index is -1.60. The molecule has 0 spiro atoms. The summed E-state index contributed by atoms with van der Waals surface area (Å²) < 4.78 is 0. The van der Waals surface area contributed by atoms with Crippen LogP contribution in [-0.2, 0) is 9.59 Å². The van der Waals surface area contributed by atoms with E-state index >= 15 is 0 Å². The third-order valence-corrected chi connectivity index (χ3v) is 15.4. The Morgan fingerprint density at radius 2 is 1.57 bits per heavy atom. The number of carboxylic acids is 1. The van der Waals surface area contributed by atoms with Gasteiger partial charge >= 0.3 is 5.97 Å². The predicted octanol–water partition coefficient (Wildman–Crippen LogP) is 6.88. The van der Waals surface area contributed by atoms with Crippen LogP contribution in [0.1, 0.15) is 117 Å². The topological polar surface area (TPSA) is 127 Å². The third-order valence-electron chi connectivity index (χ3n) is 15.4. The summed E-state index contributed by atoms with van der Waals surface area (Å²) in [5.74, 6) is 0.475. The van der Waals surface area contributed by atoms with Gasteiger partial charge in [-0.3, -0.25) is 4.79 Å². The predicted molar refractivity (Wildman–Crippen MR) is 183 cm³/mol. The van der Waals surface area contributed by atoms with Crippen LogP contribution in [0.3, 0.4) is 0 Å². The quantitative estimate of drug-likeness (QED) is 0.162. The highest BCUT2D eigenvalue weighted by atomic mass is 16.5. The molecule has 0 saturated heterocycles. The number of benzene rings is 1. The highest BCUT2D eigenvalue weighted by Gasteiger charge is 2.71. The lowest BCUT2D eigenvalue weighted by molar-refractivity contribution is -0.225. The summed E-state index contributed by atoms with van der Waals surface area (Å²) in [4.78, 5) is 25.4. The summed E-state index contributed by atoms with van der Waals surface area (Å²) in [6.45, 7) is 18.8. The van der Waals surface area contributed by atoms with Crippen LogP contribution >= 0.6 is 0 Å². The molecule has 7 heteroatoms. The molecule has 10 atom stereocenters. The van der Waals surface area contributed by atoms with Gasteiger partial charge in [0.25, 0.3) is 0 Å². The molecule has 1 amide bonds. The lowest BCUT2D eigenvalue weighted by atomic mass is 9.32. The number of amides is 1. The maximum Gasteiger partial charge on any atom is 0.334 e. The Morgan fingerprint density at radius 3 is 2.19 bits per heavy atom. The number of allylic oxidation sites excluding steroid dienone is 3. The first-order chi connectivity index (χ1) is 21.9. The number of hydrogen-bond donors (Lipinski definition) is 5. The van der Waals surface area contributed by atoms with Crippen LogP contribution in [0.5, 0.6) is 0 Å². The molecule has 5 N–H and O–H groups in total. The van der Waals surface area contributed by atoms with Crippen LogP contribution < -0.4 is 5.32 Å². The zero-order valence-corrected chi connectivity index (χ0v) is 29.3. The Labute approximate surface area is 280 Å². The Bertz CT molecular complexity index is 1460. The second-order valence-corrected chi connectivity index (χ2v) is 17.4. The molecule has 5 aliphatic rings. The van der Waals surface area contributed by atoms with Gasteiger partial charge in [0.2, 0.25) is 5.91 Å². The number of carbonyl (C=O) groups excluding carboxylic acids is 1. The molecule has 47 heavy (non-hydrogen) atoms. The van der Waals surface area contributed by atoms with Gasteiger partial charge in [0.05, 0.1) is 12.0 Å². The van der Waals surface area contributed by atoms with Crippen molar-refractivity contribution >= 4 is 17.4 Å². The van der Waals surface area contributed by atoms with Crippen LogP contribution in [0.25, 0.3) is 5.57 Å². The van der Waals surface area contributed by atoms with E-state index in [1.165, 1.54) is 5.57 Å². The zero-order chi connectivity index (χ0) is 34.3. The van der Waals surface area contributed by atoms with Crippen molar-refractivity contribution in [1.29, 1.82) is 0 Å². The summed E-state index contributed by atoms with van der Waals surface area (Å²) in [7, 11) is 0. The molecule has 6 rings (SSSR count). The number of hydrogen-bond acceptors (Lipinski definition) is 5. The van der Waals surface area contributed by atoms with Crippen LogP contribution in [0.15, 0.2) is 42.5 Å². The second kappa shape index (κ2) is 11.6. The van der Waals surface area contributed by atoms with E-state index in [-0.39, 0.29) is 45.9 Å². The van der Waals surface area contributed by atoms with Crippen molar-refractivity contribution in [2.45, 2.75) is 112 Å². The van der Waals surface area contributed by atoms with E-state index in [9.17, 15) is 30.0 Å². The van der Waals surface area contributed by atoms with Gasteiger partial charge in [-0.1, -0.05) is 77.1 Å². The standard InChI is InChI=1S/C40H57NO6/c1-23(2)26-14-19-40(35(47)41-22-29(42)34(45)46)21-20-38(6)28(32(26)40)12-13-31-37(5)17-15-27(24-8-10-25(11-9-24)33(43)44)36(3,4)30(37)16-18-39(31,38)7/h8-11,15,26,28-33,42-44H,1,12-14,16-22H2,2-7H3,(H,41,47)(H,45,46)/t26-,28+,29?,30?,31?,32?,37-,38+,39+,40-/m0/s1. The van der Waals surface area contributed by atoms with Crippen molar-refractivity contribution in [1.82, 2.24) is 5.32 Å². The Morgan fingerprint density at radius 1 is 0.894 bits per heavy atom. The molecule has 0 aromatic heterocycles. The molecular weight excluding hydrogens is 590 g/mol. The smallest absolute Gasteiger partial charge is 0.334 e. The van der Waals surface area contributed by atoms with Gasteiger partial charge in [-0.05, 0) is 127 Å². The molecule has 7 nitrogen and oxygen atoms in total. The average molecular weight is 648 g/mol. The first-order valence-electron chi connectivity index (χ1n) is 18.0. The zero-order valence-electron chi connectivity index (χ0n) is 29.3. The van der Waals surface area contributed by atoms with Crippen molar-refractivity contribution in [3.05, 3.63) is 53.6 Å². The maximum atomic E-state index is 14.1.